The molecule has 0 radical (unpaired) electrons. The predicted molar refractivity (Wildman–Crippen MR) is 113 cm³/mol. The minimum Gasteiger partial charge on any atom is -0.418 e. The predicted octanol–water partition coefficient (Wildman–Crippen LogP) is 6.21. The van der Waals surface area contributed by atoms with E-state index in [-0.39, 0.29) is 6.04 Å². The molecule has 4 nitrogen and oxygen atoms in total. The molecule has 3 aromatic carbocycles. The molecule has 5 heteroatoms. The van der Waals surface area contributed by atoms with Gasteiger partial charge in [-0.3, -0.25) is 0 Å². The molecule has 28 heavy (non-hydrogen) atoms. The van der Waals surface area contributed by atoms with Gasteiger partial charge in [-0.1, -0.05) is 59.6 Å². The van der Waals surface area contributed by atoms with Crippen LogP contribution >= 0.6 is 11.6 Å². The molecule has 4 rings (SSSR count). The molecule has 1 heterocycles. The Morgan fingerprint density at radius 2 is 1.64 bits per heavy atom. The molecule has 0 aliphatic carbocycles. The Kier molecular flexibility index (Phi) is 5.13. The molecule has 0 aliphatic rings. The summed E-state index contributed by atoms with van der Waals surface area (Å²) >= 11 is 6.08. The van der Waals surface area contributed by atoms with Crippen LogP contribution in [0.2, 0.25) is 5.02 Å². The largest absolute Gasteiger partial charge is 0.418 e. The first-order valence-corrected chi connectivity index (χ1v) is 9.46. The van der Waals surface area contributed by atoms with Gasteiger partial charge >= 0.3 is 0 Å². The lowest BCUT2D eigenvalue weighted by Crippen LogP contribution is -2.13. The van der Waals surface area contributed by atoms with Gasteiger partial charge in [0.1, 0.15) is 6.04 Å². The van der Waals surface area contributed by atoms with Crippen LogP contribution in [0.15, 0.2) is 77.2 Å². The van der Waals surface area contributed by atoms with E-state index < -0.39 is 0 Å². The van der Waals surface area contributed by atoms with Crippen molar-refractivity contribution in [2.75, 3.05) is 5.32 Å². The number of nitrogens with zero attached hydrogens (tertiary/aromatic N) is 2. The zero-order valence-electron chi connectivity index (χ0n) is 15.7. The van der Waals surface area contributed by atoms with E-state index in [4.69, 9.17) is 16.0 Å². The van der Waals surface area contributed by atoms with E-state index in [1.807, 2.05) is 54.6 Å². The minimum atomic E-state index is -0.288. The number of anilines is 1. The Morgan fingerprint density at radius 1 is 0.893 bits per heavy atom. The molecule has 1 N–H and O–H groups in total. The van der Waals surface area contributed by atoms with Gasteiger partial charge in [0.15, 0.2) is 0 Å². The summed E-state index contributed by atoms with van der Waals surface area (Å²) in [6, 6.07) is 23.4. The van der Waals surface area contributed by atoms with Crippen molar-refractivity contribution in [1.82, 2.24) is 10.2 Å². The van der Waals surface area contributed by atoms with E-state index >= 15 is 0 Å². The van der Waals surface area contributed by atoms with Gasteiger partial charge in [0.2, 0.25) is 11.8 Å². The summed E-state index contributed by atoms with van der Waals surface area (Å²) in [7, 11) is 0. The Hall–Kier alpha value is -3.11. The molecule has 0 aliphatic heterocycles. The van der Waals surface area contributed by atoms with E-state index in [1.54, 1.807) is 0 Å². The Morgan fingerprint density at radius 3 is 2.36 bits per heavy atom. The van der Waals surface area contributed by atoms with Crippen LogP contribution in [0.5, 0.6) is 0 Å². The second-order valence-electron chi connectivity index (χ2n) is 6.76. The van der Waals surface area contributed by atoms with Gasteiger partial charge in [0, 0.05) is 16.3 Å². The molecular formula is C23H20ClN3O. The second kappa shape index (κ2) is 7.87. The summed E-state index contributed by atoms with van der Waals surface area (Å²) in [5.41, 5.74) is 5.28. The third kappa shape index (κ3) is 3.92. The topological polar surface area (TPSA) is 51.0 Å². The normalized spacial score (nSPS) is 12.0. The van der Waals surface area contributed by atoms with Gasteiger partial charge in [0.05, 0.1) is 0 Å². The van der Waals surface area contributed by atoms with Gasteiger partial charge in [-0.2, -0.15) is 0 Å². The van der Waals surface area contributed by atoms with Crippen molar-refractivity contribution in [2.24, 2.45) is 0 Å². The molecule has 1 atom stereocenters. The molecular weight excluding hydrogens is 370 g/mol. The van der Waals surface area contributed by atoms with Crippen LogP contribution in [0.3, 0.4) is 0 Å². The number of hydrogen-bond acceptors (Lipinski definition) is 4. The number of rotatable bonds is 5. The van der Waals surface area contributed by atoms with Crippen molar-refractivity contribution in [3.8, 4) is 11.5 Å². The van der Waals surface area contributed by atoms with Crippen LogP contribution in [0.4, 0.5) is 5.69 Å². The fourth-order valence-corrected chi connectivity index (χ4v) is 3.25. The summed E-state index contributed by atoms with van der Waals surface area (Å²) in [5.74, 6) is 0.998. The van der Waals surface area contributed by atoms with Gasteiger partial charge < -0.3 is 9.73 Å². The summed E-state index contributed by atoms with van der Waals surface area (Å²) < 4.78 is 6.03. The van der Waals surface area contributed by atoms with E-state index in [9.17, 15) is 0 Å². The third-order valence-corrected chi connectivity index (χ3v) is 4.85. The SMILES string of the molecule is Cc1ccc(N[C@H](c2ccc(Cl)cc2)c2nnc(-c3ccccc3)o2)c(C)c1. The van der Waals surface area contributed by atoms with Crippen molar-refractivity contribution >= 4 is 17.3 Å². The summed E-state index contributed by atoms with van der Waals surface area (Å²) in [4.78, 5) is 0. The molecule has 140 valence electrons. The molecule has 0 fully saturated rings. The molecule has 0 bridgehead atoms. The van der Waals surface area contributed by atoms with Gasteiger partial charge in [0.25, 0.3) is 0 Å². The Balaban J connectivity index is 1.73. The highest BCUT2D eigenvalue weighted by atomic mass is 35.5. The maximum Gasteiger partial charge on any atom is 0.247 e. The molecule has 1 aromatic heterocycles. The minimum absolute atomic E-state index is 0.288. The molecule has 0 unspecified atom stereocenters. The van der Waals surface area contributed by atoms with E-state index in [0.717, 1.165) is 22.4 Å². The lowest BCUT2D eigenvalue weighted by molar-refractivity contribution is 0.494. The smallest absolute Gasteiger partial charge is 0.247 e. The lowest BCUT2D eigenvalue weighted by Gasteiger charge is -2.19. The number of aryl methyl sites for hydroxylation is 2. The van der Waals surface area contributed by atoms with Gasteiger partial charge in [-0.25, -0.2) is 0 Å². The highest BCUT2D eigenvalue weighted by Crippen LogP contribution is 2.30. The zero-order valence-corrected chi connectivity index (χ0v) is 16.4. The number of hydrogen-bond donors (Lipinski definition) is 1. The van der Waals surface area contributed by atoms with Crippen molar-refractivity contribution in [2.45, 2.75) is 19.9 Å². The maximum absolute atomic E-state index is 6.08. The second-order valence-corrected chi connectivity index (χ2v) is 7.20. The van der Waals surface area contributed by atoms with E-state index in [2.05, 4.69) is 47.6 Å². The first kappa shape index (κ1) is 18.3. The van der Waals surface area contributed by atoms with Crippen LogP contribution in [0.1, 0.15) is 28.6 Å². The summed E-state index contributed by atoms with van der Waals surface area (Å²) in [6.45, 7) is 4.16. The number of nitrogens with one attached hydrogen (secondary N) is 1. The van der Waals surface area contributed by atoms with Crippen LogP contribution in [-0.2, 0) is 0 Å². The quantitative estimate of drug-likeness (QED) is 0.441. The number of halogens is 1. The molecule has 0 saturated heterocycles. The Labute approximate surface area is 169 Å². The van der Waals surface area contributed by atoms with Crippen LogP contribution in [0, 0.1) is 13.8 Å². The molecule has 0 spiro atoms. The highest BCUT2D eigenvalue weighted by molar-refractivity contribution is 6.30. The summed E-state index contributed by atoms with van der Waals surface area (Å²) in [6.07, 6.45) is 0. The average molecular weight is 390 g/mol. The van der Waals surface area contributed by atoms with Crippen LogP contribution < -0.4 is 5.32 Å². The van der Waals surface area contributed by atoms with Crippen molar-refractivity contribution in [3.05, 3.63) is 100 Å². The van der Waals surface area contributed by atoms with E-state index in [1.165, 1.54) is 5.56 Å². The number of aromatic nitrogens is 2. The molecule has 4 aromatic rings. The van der Waals surface area contributed by atoms with Crippen molar-refractivity contribution < 1.29 is 4.42 Å². The van der Waals surface area contributed by atoms with Crippen molar-refractivity contribution in [3.63, 3.8) is 0 Å². The monoisotopic (exact) mass is 389 g/mol. The van der Waals surface area contributed by atoms with Crippen LogP contribution in [0.25, 0.3) is 11.5 Å². The van der Waals surface area contributed by atoms with E-state index in [0.29, 0.717) is 16.8 Å². The first-order valence-electron chi connectivity index (χ1n) is 9.08. The first-order chi connectivity index (χ1) is 13.6. The zero-order chi connectivity index (χ0) is 19.5. The fraction of sp³-hybridized carbons (Fsp3) is 0.130. The molecule has 0 saturated carbocycles. The van der Waals surface area contributed by atoms with Gasteiger partial charge in [-0.15, -0.1) is 10.2 Å². The lowest BCUT2D eigenvalue weighted by atomic mass is 10.0. The Bertz CT molecular complexity index is 1070. The third-order valence-electron chi connectivity index (χ3n) is 4.59. The fourth-order valence-electron chi connectivity index (χ4n) is 3.12. The van der Waals surface area contributed by atoms with Gasteiger partial charge in [-0.05, 0) is 55.3 Å². The van der Waals surface area contributed by atoms with Crippen molar-refractivity contribution in [1.29, 1.82) is 0 Å². The maximum atomic E-state index is 6.08. The summed E-state index contributed by atoms with van der Waals surface area (Å²) in [5, 5.41) is 12.8. The molecule has 0 amide bonds. The standard InChI is InChI=1S/C23H20ClN3O/c1-15-8-13-20(16(2)14-15)25-21(17-9-11-19(24)12-10-17)23-27-26-22(28-23)18-6-4-3-5-7-18/h3-14,21,25H,1-2H3/t21-/m1/s1. The average Bonchev–Trinajstić information content (AvgIpc) is 3.19. The number of benzene rings is 3. The van der Waals surface area contributed by atoms with Crippen LogP contribution in [-0.4, -0.2) is 10.2 Å². The highest BCUT2D eigenvalue weighted by Gasteiger charge is 2.22.